The van der Waals surface area contributed by atoms with Crippen LogP contribution in [0.1, 0.15) is 134 Å². The molecule has 2 heterocycles. The number of nitrogens with zero attached hydrogens (tertiary/aromatic N) is 1. The zero-order valence-electron chi connectivity index (χ0n) is 27.2. The fourth-order valence-corrected chi connectivity index (χ4v) is 7.36. The van der Waals surface area contributed by atoms with Gasteiger partial charge in [0.25, 0.3) is 5.56 Å². The molecule has 0 spiro atoms. The van der Waals surface area contributed by atoms with E-state index in [-0.39, 0.29) is 26.2 Å². The van der Waals surface area contributed by atoms with Crippen molar-refractivity contribution >= 4 is 39.7 Å². The Bertz CT molecular complexity index is 1050. The molecule has 45 heavy (non-hydrogen) atoms. The van der Waals surface area contributed by atoms with Gasteiger partial charge in [-0.25, -0.2) is 13.8 Å². The van der Waals surface area contributed by atoms with Crippen LogP contribution >= 0.6 is 39.7 Å². The second kappa shape index (κ2) is 24.7. The lowest BCUT2D eigenvalue weighted by molar-refractivity contribution is -0.0385. The Morgan fingerprint density at radius 1 is 0.800 bits per heavy atom. The van der Waals surface area contributed by atoms with Crippen molar-refractivity contribution in [1.82, 2.24) is 9.55 Å². The second-order valence-corrected chi connectivity index (χ2v) is 15.3. The molecule has 0 bridgehead atoms. The zero-order chi connectivity index (χ0) is 32.8. The number of phosphoric ester groups is 1. The van der Waals surface area contributed by atoms with E-state index >= 15 is 0 Å². The summed E-state index contributed by atoms with van der Waals surface area (Å²) in [5.41, 5.74) is -0.857. The molecule has 0 radical (unpaired) electrons. The van der Waals surface area contributed by atoms with Gasteiger partial charge in [-0.05, 0) is 32.6 Å². The largest absolute Gasteiger partial charge is 0.474 e. The Kier molecular flexibility index (Phi) is 22.4. The Morgan fingerprint density at radius 3 is 1.71 bits per heavy atom. The lowest BCUT2D eigenvalue weighted by Crippen LogP contribution is -2.33. The Morgan fingerprint density at radius 2 is 1.24 bits per heavy atom. The van der Waals surface area contributed by atoms with E-state index in [1.807, 2.05) is 0 Å². The number of phosphoric acid groups is 1. The average molecular weight is 791 g/mol. The first-order valence-corrected chi connectivity index (χ1v) is 20.8. The van der Waals surface area contributed by atoms with Crippen LogP contribution in [-0.4, -0.2) is 52.3 Å². The van der Waals surface area contributed by atoms with Crippen molar-refractivity contribution in [2.24, 2.45) is 0 Å². The zero-order valence-corrected chi connectivity index (χ0v) is 31.2. The number of hydrogen-bond donors (Lipinski definition) is 1. The van der Waals surface area contributed by atoms with Crippen molar-refractivity contribution in [3.63, 3.8) is 0 Å². The number of hydrogen-bond acceptors (Lipinski definition) is 7. The van der Waals surface area contributed by atoms with Crippen molar-refractivity contribution in [3.8, 4) is 0 Å². The Hall–Kier alpha value is -0.360. The smallest absolute Gasteiger partial charge is 0.349 e. The highest BCUT2D eigenvalue weighted by Crippen LogP contribution is 2.50. The Balaban J connectivity index is 1.78. The normalized spacial score (nSPS) is 18.6. The molecule has 3 atom stereocenters. The van der Waals surface area contributed by atoms with E-state index in [1.54, 1.807) is 6.92 Å². The summed E-state index contributed by atoms with van der Waals surface area (Å²) in [7, 11) is -3.94. The van der Waals surface area contributed by atoms with Gasteiger partial charge in [0, 0.05) is 28.8 Å². The van der Waals surface area contributed by atoms with Crippen LogP contribution in [0.4, 0.5) is 4.39 Å². The molecule has 0 amide bonds. The van der Waals surface area contributed by atoms with E-state index in [2.05, 4.69) is 36.8 Å². The van der Waals surface area contributed by atoms with Crippen molar-refractivity contribution in [2.75, 3.05) is 30.5 Å². The average Bonchev–Trinajstić information content (AvgIpc) is 3.39. The summed E-state index contributed by atoms with van der Waals surface area (Å²) in [4.78, 5) is 26.2. The number of nitrogens with one attached hydrogen (secondary N) is 1. The summed E-state index contributed by atoms with van der Waals surface area (Å²) in [5, 5.41) is 2.14. The van der Waals surface area contributed by atoms with Crippen molar-refractivity contribution < 1.29 is 27.3 Å². The van der Waals surface area contributed by atoms with Gasteiger partial charge in [-0.3, -0.25) is 27.9 Å². The van der Waals surface area contributed by atoms with Gasteiger partial charge in [0.1, 0.15) is 18.5 Å². The number of ether oxygens (including phenoxy) is 1. The van der Waals surface area contributed by atoms with Crippen molar-refractivity contribution in [3.05, 3.63) is 32.6 Å². The number of alkyl halides is 3. The van der Waals surface area contributed by atoms with Crippen LogP contribution in [0.5, 0.6) is 0 Å². The van der Waals surface area contributed by atoms with Crippen LogP contribution in [0, 0.1) is 6.92 Å². The standard InChI is InChI=1S/C32H56Br2FN2O7P/c1-27-25-37(32(39)36-31(27)38)30-24-28(35)29(44-30)26-43-45(40,41-22-18-14-10-6-2-4-8-12-16-20-33)42-23-19-15-11-7-3-5-9-13-17-21-34/h25,28-30H,2-24,26H2,1H3,(H,36,38,39)/t28-,29+,30+/m0/s1. The highest BCUT2D eigenvalue weighted by molar-refractivity contribution is 9.09. The molecule has 1 fully saturated rings. The molecular formula is C32H56Br2FN2O7P. The summed E-state index contributed by atoms with van der Waals surface area (Å²) < 4.78 is 52.4. The van der Waals surface area contributed by atoms with E-state index in [1.165, 1.54) is 87.8 Å². The van der Waals surface area contributed by atoms with Gasteiger partial charge < -0.3 is 4.74 Å². The van der Waals surface area contributed by atoms with Gasteiger partial charge in [-0.2, -0.15) is 0 Å². The Labute approximate surface area is 286 Å². The van der Waals surface area contributed by atoms with Crippen LogP contribution in [0.2, 0.25) is 0 Å². The minimum Gasteiger partial charge on any atom is -0.349 e. The molecule has 0 saturated carbocycles. The second-order valence-electron chi connectivity index (χ2n) is 12.0. The van der Waals surface area contributed by atoms with Crippen LogP contribution in [0.25, 0.3) is 0 Å². The summed E-state index contributed by atoms with van der Waals surface area (Å²) in [5.74, 6) is 0. The SMILES string of the molecule is Cc1cn([C@H]2C[C@H](F)[C@@H](COP(=O)(OCCCCCCCCCCCBr)OCCCCCCCCCCCBr)O2)c(=O)[nH]c1=O. The number of aryl methyl sites for hydroxylation is 1. The number of aromatic amines is 1. The summed E-state index contributed by atoms with van der Waals surface area (Å²) in [6.07, 6.45) is 18.3. The third-order valence-electron chi connectivity index (χ3n) is 8.07. The van der Waals surface area contributed by atoms with Gasteiger partial charge in [-0.15, -0.1) is 0 Å². The lowest BCUT2D eigenvalue weighted by Gasteiger charge is -2.21. The van der Waals surface area contributed by atoms with Crippen molar-refractivity contribution in [1.29, 1.82) is 0 Å². The number of halogens is 3. The van der Waals surface area contributed by atoms with Gasteiger partial charge in [-0.1, -0.05) is 122 Å². The van der Waals surface area contributed by atoms with Gasteiger partial charge in [0.15, 0.2) is 0 Å². The van der Waals surface area contributed by atoms with Crippen LogP contribution in [-0.2, 0) is 22.9 Å². The molecule has 1 saturated heterocycles. The predicted molar refractivity (Wildman–Crippen MR) is 186 cm³/mol. The maximum atomic E-state index is 14.9. The number of aromatic nitrogens is 2. The fourth-order valence-electron chi connectivity index (χ4n) is 5.31. The summed E-state index contributed by atoms with van der Waals surface area (Å²) >= 11 is 6.94. The fraction of sp³-hybridized carbons (Fsp3) is 0.875. The molecule has 0 aliphatic carbocycles. The first kappa shape index (κ1) is 40.8. The molecule has 13 heteroatoms. The lowest BCUT2D eigenvalue weighted by atomic mass is 10.1. The third kappa shape index (κ3) is 17.6. The molecule has 1 aliphatic heterocycles. The van der Waals surface area contributed by atoms with Crippen LogP contribution < -0.4 is 11.2 Å². The molecule has 9 nitrogen and oxygen atoms in total. The van der Waals surface area contributed by atoms with Gasteiger partial charge in [0.05, 0.1) is 19.8 Å². The summed E-state index contributed by atoms with van der Waals surface area (Å²) in [6, 6.07) is 0. The molecule has 0 unspecified atom stereocenters. The quantitative estimate of drug-likeness (QED) is 0.0512. The minimum atomic E-state index is -3.94. The molecule has 1 aliphatic rings. The van der Waals surface area contributed by atoms with E-state index < -0.39 is 37.6 Å². The maximum Gasteiger partial charge on any atom is 0.474 e. The molecular weight excluding hydrogens is 734 g/mol. The number of unbranched alkanes of at least 4 members (excludes halogenated alkanes) is 16. The molecule has 1 N–H and O–H groups in total. The maximum absolute atomic E-state index is 14.9. The molecule has 1 aromatic heterocycles. The van der Waals surface area contributed by atoms with E-state index in [4.69, 9.17) is 18.3 Å². The number of rotatable bonds is 28. The molecule has 0 aromatic carbocycles. The first-order valence-electron chi connectivity index (χ1n) is 17.1. The predicted octanol–water partition coefficient (Wildman–Crippen LogP) is 9.44. The van der Waals surface area contributed by atoms with E-state index in [9.17, 15) is 18.5 Å². The summed E-state index contributed by atoms with van der Waals surface area (Å²) in [6.45, 7) is 1.69. The van der Waals surface area contributed by atoms with Crippen LogP contribution in [0.15, 0.2) is 15.8 Å². The third-order valence-corrected chi connectivity index (χ3v) is 10.7. The van der Waals surface area contributed by atoms with Crippen LogP contribution in [0.3, 0.4) is 0 Å². The first-order chi connectivity index (χ1) is 21.8. The topological polar surface area (TPSA) is 109 Å². The highest BCUT2D eigenvalue weighted by atomic mass is 79.9. The monoisotopic (exact) mass is 788 g/mol. The molecule has 1 aromatic rings. The van der Waals surface area contributed by atoms with Gasteiger partial charge >= 0.3 is 13.5 Å². The van der Waals surface area contributed by atoms with E-state index in [0.29, 0.717) is 5.56 Å². The van der Waals surface area contributed by atoms with Gasteiger partial charge in [0.2, 0.25) is 0 Å². The van der Waals surface area contributed by atoms with E-state index in [0.717, 1.165) is 49.2 Å². The molecule has 2 rings (SSSR count). The molecule has 262 valence electrons. The minimum absolute atomic E-state index is 0.0988. The van der Waals surface area contributed by atoms with Crippen molar-refractivity contribution in [2.45, 2.75) is 147 Å². The highest BCUT2D eigenvalue weighted by Gasteiger charge is 2.39. The number of H-pyrrole nitrogens is 1.